The molecule has 23 heavy (non-hydrogen) atoms. The van der Waals surface area contributed by atoms with E-state index in [1.165, 1.54) is 32.7 Å². The molecule has 4 heteroatoms. The molecule has 0 aliphatic heterocycles. The van der Waals surface area contributed by atoms with Crippen LogP contribution in [0.15, 0.2) is 48.7 Å². The maximum atomic E-state index is 4.74. The highest BCUT2D eigenvalue weighted by Gasteiger charge is 2.13. The number of aromatic nitrogens is 3. The Bertz CT molecular complexity index is 1020. The molecule has 2 aromatic heterocycles. The Morgan fingerprint density at radius 1 is 1.09 bits per heavy atom. The lowest BCUT2D eigenvalue weighted by molar-refractivity contribution is 0.696. The van der Waals surface area contributed by atoms with Crippen LogP contribution in [0.1, 0.15) is 16.8 Å². The molecule has 2 heterocycles. The smallest absolute Gasteiger partial charge is 0.158 e. The summed E-state index contributed by atoms with van der Waals surface area (Å²) in [6, 6.07) is 14.9. The van der Waals surface area contributed by atoms with Gasteiger partial charge in [-0.05, 0) is 24.8 Å². The minimum absolute atomic E-state index is 0.745. The first-order valence-corrected chi connectivity index (χ1v) is 7.90. The van der Waals surface area contributed by atoms with Gasteiger partial charge in [0.25, 0.3) is 0 Å². The summed E-state index contributed by atoms with van der Waals surface area (Å²) in [5, 5.41) is 8.34. The van der Waals surface area contributed by atoms with Gasteiger partial charge in [-0.1, -0.05) is 53.5 Å². The van der Waals surface area contributed by atoms with Gasteiger partial charge in [-0.15, -0.1) is 0 Å². The molecule has 4 aromatic rings. The zero-order valence-electron chi connectivity index (χ0n) is 13.7. The van der Waals surface area contributed by atoms with Crippen LogP contribution in [0.2, 0.25) is 0 Å². The van der Waals surface area contributed by atoms with Gasteiger partial charge in [0.2, 0.25) is 0 Å². The summed E-state index contributed by atoms with van der Waals surface area (Å²) < 4.78 is 2.01. The van der Waals surface area contributed by atoms with Gasteiger partial charge in [0.15, 0.2) is 5.65 Å². The van der Waals surface area contributed by atoms with Gasteiger partial charge in [-0.3, -0.25) is 0 Å². The molecular weight excluding hydrogens is 281 g/mol. The van der Waals surface area contributed by atoms with Crippen LogP contribution in [0.4, 0.5) is 0 Å². The highest BCUT2D eigenvalue weighted by Crippen LogP contribution is 2.26. The molecule has 0 aliphatic carbocycles. The van der Waals surface area contributed by atoms with Gasteiger partial charge in [-0.25, -0.2) is 9.67 Å². The van der Waals surface area contributed by atoms with Gasteiger partial charge >= 0.3 is 0 Å². The molecule has 0 N–H and O–H groups in total. The minimum atomic E-state index is 0.745. The number of nitrogens with zero attached hydrogens (tertiary/aromatic N) is 3. The van der Waals surface area contributed by atoms with Crippen molar-refractivity contribution in [2.45, 2.75) is 20.4 Å². The number of aryl methyl sites for hydroxylation is 2. The molecule has 0 fully saturated rings. The lowest BCUT2D eigenvalue weighted by Crippen LogP contribution is -2.06. The summed E-state index contributed by atoms with van der Waals surface area (Å²) in [6.45, 7) is 4.97. The summed E-state index contributed by atoms with van der Waals surface area (Å²) in [4.78, 5) is 4.70. The van der Waals surface area contributed by atoms with E-state index in [2.05, 4.69) is 58.1 Å². The third-order valence-electron chi connectivity index (χ3n) is 4.54. The van der Waals surface area contributed by atoms with Gasteiger partial charge in [0.05, 0.1) is 12.2 Å². The average molecular weight is 299 g/mol. The van der Waals surface area contributed by atoms with Crippen LogP contribution in [0.25, 0.3) is 21.8 Å². The van der Waals surface area contributed by atoms with Crippen LogP contribution in [0.3, 0.4) is 0 Å². The lowest BCUT2D eigenvalue weighted by Gasteiger charge is -2.06. The van der Waals surface area contributed by atoms with E-state index in [1.54, 1.807) is 0 Å². The van der Waals surface area contributed by atoms with Crippen molar-refractivity contribution >= 4 is 35.1 Å². The Morgan fingerprint density at radius 2 is 1.87 bits per heavy atom. The largest absolute Gasteiger partial charge is 0.243 e. The summed E-state index contributed by atoms with van der Waals surface area (Å²) in [5.41, 5.74) is 5.84. The normalized spacial score (nSPS) is 11.4. The maximum absolute atomic E-state index is 4.74. The van der Waals surface area contributed by atoms with Crippen LogP contribution in [-0.2, 0) is 6.54 Å². The molecule has 4 rings (SSSR count). The third-order valence-corrected chi connectivity index (χ3v) is 4.54. The fraction of sp³-hybridized carbons (Fsp3) is 0.158. The molecule has 0 spiro atoms. The van der Waals surface area contributed by atoms with E-state index in [-0.39, 0.29) is 0 Å². The molecule has 0 aliphatic rings. The number of fused-ring (bicyclic) bond motifs is 3. The predicted molar refractivity (Wildman–Crippen MR) is 98.2 cm³/mol. The Morgan fingerprint density at radius 3 is 2.65 bits per heavy atom. The van der Waals surface area contributed by atoms with Crippen molar-refractivity contribution in [1.82, 2.24) is 14.8 Å². The van der Waals surface area contributed by atoms with Gasteiger partial charge in [-0.2, -0.15) is 5.10 Å². The van der Waals surface area contributed by atoms with Crippen molar-refractivity contribution < 1.29 is 0 Å². The van der Waals surface area contributed by atoms with E-state index in [9.17, 15) is 0 Å². The standard InChI is InChI=1S/C19H18BN3/c1-12-8-16-15(9-17(12)20)10-21-19-18(16)13(2)22-23(19)11-14-6-4-3-5-7-14/h3-10H,11,20H2,1-2H3. The lowest BCUT2D eigenvalue weighted by atomic mass is 9.88. The quantitative estimate of drug-likeness (QED) is 0.532. The second kappa shape index (κ2) is 5.23. The van der Waals surface area contributed by atoms with Gasteiger partial charge < -0.3 is 0 Å². The molecule has 3 nitrogen and oxygen atoms in total. The Labute approximate surface area is 136 Å². The highest BCUT2D eigenvalue weighted by molar-refractivity contribution is 6.34. The summed E-state index contributed by atoms with van der Waals surface area (Å²) >= 11 is 0. The van der Waals surface area contributed by atoms with E-state index < -0.39 is 0 Å². The fourth-order valence-electron chi connectivity index (χ4n) is 3.17. The second-order valence-corrected chi connectivity index (χ2v) is 6.21. The van der Waals surface area contributed by atoms with Crippen LogP contribution >= 0.6 is 0 Å². The van der Waals surface area contributed by atoms with Gasteiger partial charge in [0, 0.05) is 17.0 Å². The molecular formula is C19H18BN3. The predicted octanol–water partition coefficient (Wildman–Crippen LogP) is 2.51. The van der Waals surface area contributed by atoms with Crippen LogP contribution < -0.4 is 5.46 Å². The van der Waals surface area contributed by atoms with E-state index in [0.717, 1.165) is 17.9 Å². The number of rotatable bonds is 2. The van der Waals surface area contributed by atoms with Crippen molar-refractivity contribution in [2.24, 2.45) is 0 Å². The number of hydrogen-bond acceptors (Lipinski definition) is 2. The molecule has 2 aromatic carbocycles. The van der Waals surface area contributed by atoms with Crippen molar-refractivity contribution in [3.05, 3.63) is 65.5 Å². The zero-order valence-corrected chi connectivity index (χ0v) is 13.7. The first-order valence-electron chi connectivity index (χ1n) is 7.90. The first-order chi connectivity index (χ1) is 11.1. The Kier molecular flexibility index (Phi) is 3.19. The highest BCUT2D eigenvalue weighted by atomic mass is 15.3. The molecule has 0 amide bonds. The monoisotopic (exact) mass is 299 g/mol. The molecule has 0 atom stereocenters. The van der Waals surface area contributed by atoms with Crippen molar-refractivity contribution in [1.29, 1.82) is 0 Å². The second-order valence-electron chi connectivity index (χ2n) is 6.21. The maximum Gasteiger partial charge on any atom is 0.158 e. The Balaban J connectivity index is 1.95. The topological polar surface area (TPSA) is 30.7 Å². The van der Waals surface area contributed by atoms with E-state index in [4.69, 9.17) is 10.1 Å². The molecule has 0 saturated carbocycles. The molecule has 0 bridgehead atoms. The zero-order chi connectivity index (χ0) is 16.0. The van der Waals surface area contributed by atoms with E-state index in [0.29, 0.717) is 0 Å². The Hall–Kier alpha value is -2.62. The summed E-state index contributed by atoms with van der Waals surface area (Å²) in [6.07, 6.45) is 1.96. The summed E-state index contributed by atoms with van der Waals surface area (Å²) in [7, 11) is 2.14. The SMILES string of the molecule is Bc1cc2cnc3c(c(C)nn3Cc3ccccc3)c2cc1C. The average Bonchev–Trinajstić information content (AvgIpc) is 2.86. The molecule has 0 saturated heterocycles. The fourth-order valence-corrected chi connectivity index (χ4v) is 3.17. The van der Waals surface area contributed by atoms with Crippen molar-refractivity contribution in [3.63, 3.8) is 0 Å². The van der Waals surface area contributed by atoms with Crippen LogP contribution in [0.5, 0.6) is 0 Å². The number of benzene rings is 2. The van der Waals surface area contributed by atoms with Gasteiger partial charge in [0.1, 0.15) is 7.85 Å². The minimum Gasteiger partial charge on any atom is -0.243 e. The molecule has 0 unspecified atom stereocenters. The van der Waals surface area contributed by atoms with Crippen molar-refractivity contribution in [2.75, 3.05) is 0 Å². The van der Waals surface area contributed by atoms with Crippen LogP contribution in [-0.4, -0.2) is 22.6 Å². The molecule has 0 radical (unpaired) electrons. The number of pyridine rings is 1. The number of hydrogen-bond donors (Lipinski definition) is 0. The van der Waals surface area contributed by atoms with E-state index in [1.807, 2.05) is 16.9 Å². The third kappa shape index (κ3) is 2.31. The van der Waals surface area contributed by atoms with Crippen LogP contribution in [0, 0.1) is 13.8 Å². The van der Waals surface area contributed by atoms with Crippen molar-refractivity contribution in [3.8, 4) is 0 Å². The van der Waals surface area contributed by atoms with E-state index >= 15 is 0 Å². The molecule has 112 valence electrons. The summed E-state index contributed by atoms with van der Waals surface area (Å²) in [5.74, 6) is 0. The first kappa shape index (κ1) is 14.0.